The number of nitrogens with one attached hydrogen (secondary N) is 1. The van der Waals surface area contributed by atoms with Gasteiger partial charge in [-0.2, -0.15) is 0 Å². The maximum atomic E-state index is 13.5. The van der Waals surface area contributed by atoms with Crippen molar-refractivity contribution in [3.05, 3.63) is 24.0 Å². The van der Waals surface area contributed by atoms with Crippen LogP contribution in [-0.4, -0.2) is 49.4 Å². The Hall–Kier alpha value is -1.33. The first-order chi connectivity index (χ1) is 9.10. The molecule has 0 saturated carbocycles. The summed E-state index contributed by atoms with van der Waals surface area (Å²) < 4.78 is 18.6. The lowest BCUT2D eigenvalue weighted by atomic mass is 10.2. The van der Waals surface area contributed by atoms with Crippen LogP contribution in [0, 0.1) is 5.82 Å². The van der Waals surface area contributed by atoms with Crippen molar-refractivity contribution in [2.45, 2.75) is 20.0 Å². The molecule has 0 aromatic heterocycles. The molecule has 1 rings (SSSR count). The van der Waals surface area contributed by atoms with E-state index >= 15 is 0 Å². The topological polar surface area (TPSA) is 44.7 Å². The van der Waals surface area contributed by atoms with Gasteiger partial charge in [0.1, 0.15) is 11.6 Å². The van der Waals surface area contributed by atoms with Crippen molar-refractivity contribution in [2.24, 2.45) is 0 Å². The summed E-state index contributed by atoms with van der Waals surface area (Å²) in [4.78, 5) is 2.12. The fourth-order valence-electron chi connectivity index (χ4n) is 1.84. The number of hydrogen-bond acceptors (Lipinski definition) is 4. The minimum absolute atomic E-state index is 0.306. The van der Waals surface area contributed by atoms with Crippen LogP contribution in [0.1, 0.15) is 13.8 Å². The average Bonchev–Trinajstić information content (AvgIpc) is 2.43. The molecule has 1 atom stereocenters. The third kappa shape index (κ3) is 5.04. The summed E-state index contributed by atoms with van der Waals surface area (Å²) in [5.74, 6) is 0.234. The monoisotopic (exact) mass is 270 g/mol. The zero-order chi connectivity index (χ0) is 14.3. The summed E-state index contributed by atoms with van der Waals surface area (Å²) in [7, 11) is 1.53. The molecule has 0 fully saturated rings. The lowest BCUT2D eigenvalue weighted by Gasteiger charge is -2.22. The summed E-state index contributed by atoms with van der Waals surface area (Å²) >= 11 is 0. The van der Waals surface area contributed by atoms with Crippen LogP contribution in [0.5, 0.6) is 5.75 Å². The molecule has 0 aliphatic rings. The van der Waals surface area contributed by atoms with E-state index in [1.807, 2.05) is 13.8 Å². The Balaban J connectivity index is 2.51. The molecule has 1 aromatic rings. The van der Waals surface area contributed by atoms with E-state index in [2.05, 4.69) is 10.2 Å². The van der Waals surface area contributed by atoms with Gasteiger partial charge in [0.25, 0.3) is 0 Å². The lowest BCUT2D eigenvalue weighted by Crippen LogP contribution is -2.36. The van der Waals surface area contributed by atoms with Crippen molar-refractivity contribution in [2.75, 3.05) is 38.6 Å². The fourth-order valence-corrected chi connectivity index (χ4v) is 1.84. The van der Waals surface area contributed by atoms with E-state index in [-0.39, 0.29) is 5.82 Å². The number of nitrogens with zero attached hydrogens (tertiary/aromatic N) is 1. The Morgan fingerprint density at radius 3 is 2.63 bits per heavy atom. The van der Waals surface area contributed by atoms with Gasteiger partial charge in [-0.3, -0.25) is 0 Å². The molecular weight excluding hydrogens is 247 g/mol. The van der Waals surface area contributed by atoms with Crippen LogP contribution in [0.4, 0.5) is 10.1 Å². The zero-order valence-electron chi connectivity index (χ0n) is 11.8. The molecule has 0 aliphatic heterocycles. The molecule has 5 heteroatoms. The molecule has 0 aliphatic carbocycles. The number of methoxy groups -OCH3 is 1. The maximum Gasteiger partial charge on any atom is 0.146 e. The quantitative estimate of drug-likeness (QED) is 0.758. The Bertz CT molecular complexity index is 384. The number of hydrogen-bond donors (Lipinski definition) is 2. The van der Waals surface area contributed by atoms with Gasteiger partial charge in [-0.05, 0) is 25.2 Å². The number of aliphatic hydroxyl groups is 1. The van der Waals surface area contributed by atoms with Crippen LogP contribution >= 0.6 is 0 Å². The molecule has 4 nitrogen and oxygen atoms in total. The van der Waals surface area contributed by atoms with Crippen molar-refractivity contribution >= 4 is 5.69 Å². The fraction of sp³-hybridized carbons (Fsp3) is 0.571. The molecule has 108 valence electrons. The summed E-state index contributed by atoms with van der Waals surface area (Å²) in [5, 5.41) is 12.8. The van der Waals surface area contributed by atoms with Crippen molar-refractivity contribution in [3.8, 4) is 5.75 Å². The number of aliphatic hydroxyl groups excluding tert-OH is 1. The summed E-state index contributed by atoms with van der Waals surface area (Å²) in [6.07, 6.45) is -0.537. The number of rotatable bonds is 8. The number of ether oxygens (including phenoxy) is 1. The smallest absolute Gasteiger partial charge is 0.146 e. The Labute approximate surface area is 114 Å². The van der Waals surface area contributed by atoms with Gasteiger partial charge in [-0.25, -0.2) is 4.39 Å². The SMILES string of the molecule is CCN(CC)CC(O)CNc1cc(OC)ccc1F. The highest BCUT2D eigenvalue weighted by Gasteiger charge is 2.10. The normalized spacial score (nSPS) is 12.5. The molecular formula is C14H23FN2O2. The number of anilines is 1. The van der Waals surface area contributed by atoms with Gasteiger partial charge in [-0.15, -0.1) is 0 Å². The van der Waals surface area contributed by atoms with Crippen LogP contribution in [-0.2, 0) is 0 Å². The Morgan fingerprint density at radius 2 is 2.05 bits per heavy atom. The lowest BCUT2D eigenvalue weighted by molar-refractivity contribution is 0.128. The highest BCUT2D eigenvalue weighted by Crippen LogP contribution is 2.20. The van der Waals surface area contributed by atoms with Crippen molar-refractivity contribution in [1.82, 2.24) is 4.90 Å². The average molecular weight is 270 g/mol. The predicted octanol–water partition coefficient (Wildman–Crippen LogP) is 1.95. The molecule has 0 amide bonds. The largest absolute Gasteiger partial charge is 0.497 e. The van der Waals surface area contributed by atoms with Gasteiger partial charge in [0.2, 0.25) is 0 Å². The first-order valence-corrected chi connectivity index (χ1v) is 6.58. The highest BCUT2D eigenvalue weighted by molar-refractivity contribution is 5.49. The maximum absolute atomic E-state index is 13.5. The second-order valence-electron chi connectivity index (χ2n) is 4.37. The summed E-state index contributed by atoms with van der Waals surface area (Å²) in [5.41, 5.74) is 0.345. The third-order valence-corrected chi connectivity index (χ3v) is 3.07. The molecule has 0 radical (unpaired) electrons. The van der Waals surface area contributed by atoms with E-state index in [1.54, 1.807) is 12.1 Å². The first kappa shape index (κ1) is 15.7. The number of halogens is 1. The Kier molecular flexibility index (Phi) is 6.59. The predicted molar refractivity (Wildman–Crippen MR) is 75.2 cm³/mol. The van der Waals surface area contributed by atoms with E-state index in [4.69, 9.17) is 4.74 Å². The molecule has 19 heavy (non-hydrogen) atoms. The minimum Gasteiger partial charge on any atom is -0.497 e. The van der Waals surface area contributed by atoms with Crippen LogP contribution in [0.25, 0.3) is 0 Å². The van der Waals surface area contributed by atoms with Crippen molar-refractivity contribution in [1.29, 1.82) is 0 Å². The molecule has 1 aromatic carbocycles. The molecule has 0 bridgehead atoms. The second kappa shape index (κ2) is 7.96. The summed E-state index contributed by atoms with van der Waals surface area (Å²) in [6.45, 7) is 6.76. The van der Waals surface area contributed by atoms with E-state index in [9.17, 15) is 9.50 Å². The van der Waals surface area contributed by atoms with E-state index < -0.39 is 6.10 Å². The van der Waals surface area contributed by atoms with Crippen LogP contribution in [0.2, 0.25) is 0 Å². The molecule has 0 spiro atoms. The van der Waals surface area contributed by atoms with Crippen LogP contribution in [0.3, 0.4) is 0 Å². The van der Waals surface area contributed by atoms with Crippen molar-refractivity contribution < 1.29 is 14.2 Å². The van der Waals surface area contributed by atoms with E-state index in [0.717, 1.165) is 13.1 Å². The van der Waals surface area contributed by atoms with Crippen LogP contribution in [0.15, 0.2) is 18.2 Å². The van der Waals surface area contributed by atoms with Gasteiger partial charge in [0.15, 0.2) is 0 Å². The molecule has 2 N–H and O–H groups in total. The minimum atomic E-state index is -0.537. The van der Waals surface area contributed by atoms with Gasteiger partial charge in [0, 0.05) is 19.2 Å². The van der Waals surface area contributed by atoms with Gasteiger partial charge >= 0.3 is 0 Å². The standard InChI is InChI=1S/C14H23FN2O2/c1-4-17(5-2)10-11(18)9-16-14-8-12(19-3)6-7-13(14)15/h6-8,11,16,18H,4-5,9-10H2,1-3H3. The molecule has 0 heterocycles. The van der Waals surface area contributed by atoms with Crippen molar-refractivity contribution in [3.63, 3.8) is 0 Å². The zero-order valence-corrected chi connectivity index (χ0v) is 11.8. The molecule has 0 saturated heterocycles. The molecule has 1 unspecified atom stereocenters. The second-order valence-corrected chi connectivity index (χ2v) is 4.37. The van der Waals surface area contributed by atoms with E-state index in [0.29, 0.717) is 24.5 Å². The summed E-state index contributed by atoms with van der Waals surface area (Å²) in [6, 6.07) is 4.49. The van der Waals surface area contributed by atoms with Crippen LogP contribution < -0.4 is 10.1 Å². The highest BCUT2D eigenvalue weighted by atomic mass is 19.1. The van der Waals surface area contributed by atoms with Gasteiger partial charge in [-0.1, -0.05) is 13.8 Å². The van der Waals surface area contributed by atoms with Gasteiger partial charge < -0.3 is 20.1 Å². The first-order valence-electron chi connectivity index (χ1n) is 6.58. The van der Waals surface area contributed by atoms with Gasteiger partial charge in [0.05, 0.1) is 18.9 Å². The third-order valence-electron chi connectivity index (χ3n) is 3.07. The van der Waals surface area contributed by atoms with E-state index in [1.165, 1.54) is 13.2 Å². The number of likely N-dealkylation sites (N-methyl/N-ethyl adjacent to an activating group) is 1. The Morgan fingerprint density at radius 1 is 1.37 bits per heavy atom. The number of benzene rings is 1.